The van der Waals surface area contributed by atoms with Gasteiger partial charge in [-0.05, 0) is 30.2 Å². The molecular weight excluding hydrogens is 388 g/mol. The number of aromatic amines is 1. The van der Waals surface area contributed by atoms with E-state index in [0.717, 1.165) is 28.6 Å². The number of nitrogens with zero attached hydrogens (tertiary/aromatic N) is 3. The molecule has 0 unspecified atom stereocenters. The molecule has 0 aliphatic heterocycles. The molecule has 4 rings (SSSR count). The number of aromatic nitrogens is 4. The molecule has 2 aromatic heterocycles. The van der Waals surface area contributed by atoms with Gasteiger partial charge in [-0.2, -0.15) is 5.10 Å². The van der Waals surface area contributed by atoms with Crippen LogP contribution in [0, 0.1) is 6.92 Å². The molecule has 7 nitrogen and oxygen atoms in total. The van der Waals surface area contributed by atoms with Gasteiger partial charge in [0, 0.05) is 0 Å². The third kappa shape index (κ3) is 4.38. The van der Waals surface area contributed by atoms with Crippen LogP contribution in [0.5, 0.6) is 0 Å². The maximum Gasteiger partial charge on any atom is 0.316 e. The Balaban J connectivity index is 1.50. The van der Waals surface area contributed by atoms with Crippen molar-refractivity contribution in [1.82, 2.24) is 19.7 Å². The highest BCUT2D eigenvalue weighted by molar-refractivity contribution is 7.99. The molecule has 0 amide bonds. The number of benzene rings is 2. The van der Waals surface area contributed by atoms with Gasteiger partial charge < -0.3 is 9.72 Å². The van der Waals surface area contributed by atoms with Crippen LogP contribution in [-0.2, 0) is 16.1 Å². The SMILES string of the molecule is Cc1cccc(-n2ncc3c(=O)[nH]c(SCC(=O)OCc4ccccc4)nc32)c1. The summed E-state index contributed by atoms with van der Waals surface area (Å²) in [5.41, 5.74) is 2.96. The first-order valence-electron chi connectivity index (χ1n) is 8.97. The number of aryl methyl sites for hydroxylation is 1. The average molecular weight is 406 g/mol. The van der Waals surface area contributed by atoms with E-state index in [2.05, 4.69) is 15.1 Å². The number of rotatable bonds is 6. The lowest BCUT2D eigenvalue weighted by Crippen LogP contribution is -2.12. The summed E-state index contributed by atoms with van der Waals surface area (Å²) in [5, 5.41) is 5.03. The summed E-state index contributed by atoms with van der Waals surface area (Å²) >= 11 is 1.12. The highest BCUT2D eigenvalue weighted by Crippen LogP contribution is 2.18. The topological polar surface area (TPSA) is 89.9 Å². The van der Waals surface area contributed by atoms with Crippen LogP contribution in [-0.4, -0.2) is 31.5 Å². The molecule has 0 bridgehead atoms. The minimum Gasteiger partial charge on any atom is -0.460 e. The van der Waals surface area contributed by atoms with Crippen LogP contribution in [0.2, 0.25) is 0 Å². The number of H-pyrrole nitrogens is 1. The quantitative estimate of drug-likeness (QED) is 0.300. The van der Waals surface area contributed by atoms with E-state index in [1.807, 2.05) is 61.5 Å². The van der Waals surface area contributed by atoms with E-state index < -0.39 is 0 Å². The summed E-state index contributed by atoms with van der Waals surface area (Å²) in [6, 6.07) is 17.2. The largest absolute Gasteiger partial charge is 0.460 e. The molecule has 146 valence electrons. The van der Waals surface area contributed by atoms with Crippen molar-refractivity contribution in [2.24, 2.45) is 0 Å². The van der Waals surface area contributed by atoms with Crippen LogP contribution in [0.1, 0.15) is 11.1 Å². The lowest BCUT2D eigenvalue weighted by molar-refractivity contribution is -0.141. The Morgan fingerprint density at radius 3 is 2.79 bits per heavy atom. The van der Waals surface area contributed by atoms with Crippen molar-refractivity contribution in [1.29, 1.82) is 0 Å². The number of hydrogen-bond acceptors (Lipinski definition) is 6. The normalized spacial score (nSPS) is 10.9. The molecule has 2 heterocycles. The Hall–Kier alpha value is -3.39. The van der Waals surface area contributed by atoms with Crippen LogP contribution >= 0.6 is 11.8 Å². The third-order valence-corrected chi connectivity index (χ3v) is 5.08. The monoisotopic (exact) mass is 406 g/mol. The first-order valence-corrected chi connectivity index (χ1v) is 9.96. The van der Waals surface area contributed by atoms with E-state index in [-0.39, 0.29) is 23.9 Å². The van der Waals surface area contributed by atoms with Crippen LogP contribution in [0.4, 0.5) is 0 Å². The standard InChI is InChI=1S/C21H18N4O3S/c1-14-6-5-9-16(10-14)25-19-17(11-22-25)20(27)24-21(23-19)29-13-18(26)28-12-15-7-3-2-4-8-15/h2-11H,12-13H2,1H3,(H,23,24,27). The number of ether oxygens (including phenoxy) is 1. The van der Waals surface area contributed by atoms with Gasteiger partial charge >= 0.3 is 5.97 Å². The minimum absolute atomic E-state index is 0.0415. The zero-order chi connectivity index (χ0) is 20.2. The molecule has 2 aromatic carbocycles. The summed E-state index contributed by atoms with van der Waals surface area (Å²) in [5.74, 6) is -0.339. The first kappa shape index (κ1) is 18.9. The van der Waals surface area contributed by atoms with Crippen molar-refractivity contribution < 1.29 is 9.53 Å². The second-order valence-electron chi connectivity index (χ2n) is 6.44. The van der Waals surface area contributed by atoms with Crippen molar-refractivity contribution >= 4 is 28.8 Å². The molecule has 0 atom stereocenters. The lowest BCUT2D eigenvalue weighted by atomic mass is 10.2. The molecule has 0 spiro atoms. The summed E-state index contributed by atoms with van der Waals surface area (Å²) < 4.78 is 6.88. The van der Waals surface area contributed by atoms with E-state index in [4.69, 9.17) is 4.74 Å². The van der Waals surface area contributed by atoms with Crippen LogP contribution in [0.3, 0.4) is 0 Å². The number of nitrogens with one attached hydrogen (secondary N) is 1. The predicted molar refractivity (Wildman–Crippen MR) is 111 cm³/mol. The summed E-state index contributed by atoms with van der Waals surface area (Å²) in [6.07, 6.45) is 1.49. The Labute approximate surface area is 170 Å². The van der Waals surface area contributed by atoms with Crippen molar-refractivity contribution in [2.75, 3.05) is 5.75 Å². The minimum atomic E-state index is -0.381. The number of thioether (sulfide) groups is 1. The van der Waals surface area contributed by atoms with E-state index >= 15 is 0 Å². The van der Waals surface area contributed by atoms with E-state index in [1.54, 1.807) is 4.68 Å². The predicted octanol–water partition coefficient (Wildman–Crippen LogP) is 3.25. The van der Waals surface area contributed by atoms with Gasteiger partial charge in [0.2, 0.25) is 0 Å². The van der Waals surface area contributed by atoms with Gasteiger partial charge in [0.1, 0.15) is 12.0 Å². The summed E-state index contributed by atoms with van der Waals surface area (Å²) in [6.45, 7) is 2.20. The first-order chi connectivity index (χ1) is 14.1. The molecule has 0 saturated heterocycles. The van der Waals surface area contributed by atoms with E-state index in [1.165, 1.54) is 6.20 Å². The fourth-order valence-electron chi connectivity index (χ4n) is 2.82. The van der Waals surface area contributed by atoms with Crippen LogP contribution < -0.4 is 5.56 Å². The van der Waals surface area contributed by atoms with Crippen molar-refractivity contribution in [3.05, 3.63) is 82.3 Å². The van der Waals surface area contributed by atoms with Crippen molar-refractivity contribution in [3.63, 3.8) is 0 Å². The molecule has 0 aliphatic rings. The Kier molecular flexibility index (Phi) is 5.44. The van der Waals surface area contributed by atoms with E-state index in [0.29, 0.717) is 16.2 Å². The zero-order valence-corrected chi connectivity index (χ0v) is 16.5. The van der Waals surface area contributed by atoms with Crippen molar-refractivity contribution in [2.45, 2.75) is 18.7 Å². The lowest BCUT2D eigenvalue weighted by Gasteiger charge is -2.06. The molecule has 29 heavy (non-hydrogen) atoms. The Morgan fingerprint density at radius 1 is 1.17 bits per heavy atom. The highest BCUT2D eigenvalue weighted by Gasteiger charge is 2.13. The fraction of sp³-hybridized carbons (Fsp3) is 0.143. The maximum atomic E-state index is 12.4. The molecule has 0 aliphatic carbocycles. The molecule has 4 aromatic rings. The molecule has 0 saturated carbocycles. The van der Waals surface area contributed by atoms with Gasteiger partial charge in [-0.25, -0.2) is 9.67 Å². The smallest absolute Gasteiger partial charge is 0.316 e. The van der Waals surface area contributed by atoms with Gasteiger partial charge in [-0.3, -0.25) is 9.59 Å². The van der Waals surface area contributed by atoms with Crippen LogP contribution in [0.15, 0.2) is 70.7 Å². The average Bonchev–Trinajstić information content (AvgIpc) is 3.16. The van der Waals surface area contributed by atoms with Gasteiger partial charge in [0.05, 0.1) is 17.6 Å². The number of fused-ring (bicyclic) bond motifs is 1. The summed E-state index contributed by atoms with van der Waals surface area (Å²) in [4.78, 5) is 31.6. The number of carbonyl (C=O) groups excluding carboxylic acids is 1. The maximum absolute atomic E-state index is 12.4. The van der Waals surface area contributed by atoms with Gasteiger partial charge in [0.25, 0.3) is 5.56 Å². The molecular formula is C21H18N4O3S. The number of hydrogen-bond donors (Lipinski definition) is 1. The zero-order valence-electron chi connectivity index (χ0n) is 15.7. The Morgan fingerprint density at radius 2 is 2.00 bits per heavy atom. The summed E-state index contributed by atoms with van der Waals surface area (Å²) in [7, 11) is 0. The fourth-order valence-corrected chi connectivity index (χ4v) is 3.48. The van der Waals surface area contributed by atoms with Gasteiger partial charge in [-0.1, -0.05) is 54.2 Å². The second-order valence-corrected chi connectivity index (χ2v) is 7.40. The van der Waals surface area contributed by atoms with Gasteiger partial charge in [0.15, 0.2) is 10.8 Å². The van der Waals surface area contributed by atoms with Gasteiger partial charge in [-0.15, -0.1) is 0 Å². The molecule has 0 radical (unpaired) electrons. The van der Waals surface area contributed by atoms with E-state index in [9.17, 15) is 9.59 Å². The molecule has 1 N–H and O–H groups in total. The highest BCUT2D eigenvalue weighted by atomic mass is 32.2. The molecule has 8 heteroatoms. The molecule has 0 fully saturated rings. The number of carbonyl (C=O) groups is 1. The number of esters is 1. The third-order valence-electron chi connectivity index (χ3n) is 4.23. The van der Waals surface area contributed by atoms with Crippen LogP contribution in [0.25, 0.3) is 16.7 Å². The van der Waals surface area contributed by atoms with Crippen molar-refractivity contribution in [3.8, 4) is 5.69 Å². The Bertz CT molecular complexity index is 1220. The second kappa shape index (κ2) is 8.32.